The molecule has 2 rings (SSSR count). The normalized spacial score (nSPS) is 12.8. The number of benzene rings is 1. The van der Waals surface area contributed by atoms with Gasteiger partial charge in [-0.05, 0) is 24.3 Å². The van der Waals surface area contributed by atoms with Gasteiger partial charge in [0.15, 0.2) is 11.5 Å². The molecule has 138 valence electrons. The molecule has 0 aliphatic heterocycles. The predicted octanol–water partition coefficient (Wildman–Crippen LogP) is 3.60. The zero-order valence-electron chi connectivity index (χ0n) is 12.6. The van der Waals surface area contributed by atoms with Crippen LogP contribution in [0.2, 0.25) is 0 Å². The number of nitrogens with two attached hydrogens (primary N) is 1. The molecule has 1 aromatic heterocycles. The Morgan fingerprint density at radius 2 is 1.65 bits per heavy atom. The number of pyridine rings is 1. The van der Waals surface area contributed by atoms with Gasteiger partial charge in [-0.3, -0.25) is 0 Å². The van der Waals surface area contributed by atoms with Crippen LogP contribution in [0.4, 0.5) is 26.3 Å². The van der Waals surface area contributed by atoms with Crippen LogP contribution < -0.4 is 5.73 Å². The number of nitrogens with zero attached hydrogens (tertiary/aromatic N) is 2. The fourth-order valence-electron chi connectivity index (χ4n) is 1.75. The maximum Gasteiger partial charge on any atom is 0.433 e. The van der Waals surface area contributed by atoms with Crippen LogP contribution >= 0.6 is 0 Å². The third-order valence-corrected chi connectivity index (χ3v) is 2.96. The monoisotopic (exact) mass is 377 g/mol. The molecule has 0 radical (unpaired) electrons. The molecule has 0 aliphatic carbocycles. The summed E-state index contributed by atoms with van der Waals surface area (Å²) in [5.41, 5.74) is 2.23. The number of amidine groups is 1. The molecule has 0 saturated carbocycles. The maximum absolute atomic E-state index is 12.6. The summed E-state index contributed by atoms with van der Waals surface area (Å²) in [6.07, 6.45) is -9.38. The van der Waals surface area contributed by atoms with Gasteiger partial charge in [-0.25, -0.2) is 9.78 Å². The zero-order chi connectivity index (χ0) is 19.5. The van der Waals surface area contributed by atoms with Crippen molar-refractivity contribution in [1.29, 1.82) is 0 Å². The highest BCUT2D eigenvalue weighted by Crippen LogP contribution is 2.29. The average molecular weight is 377 g/mol. The molecule has 0 aliphatic rings. The van der Waals surface area contributed by atoms with Gasteiger partial charge in [0.05, 0.1) is 5.56 Å². The van der Waals surface area contributed by atoms with E-state index in [1.165, 1.54) is 6.07 Å². The lowest BCUT2D eigenvalue weighted by molar-refractivity contribution is -0.141. The fraction of sp³-hybridized carbons (Fsp3) is 0.133. The molecule has 0 unspecified atom stereocenters. The van der Waals surface area contributed by atoms with E-state index in [2.05, 4.69) is 15.0 Å². The minimum Gasteiger partial charge on any atom is -0.380 e. The molecule has 5 nitrogen and oxygen atoms in total. The number of halogens is 6. The first-order valence-corrected chi connectivity index (χ1v) is 6.75. The summed E-state index contributed by atoms with van der Waals surface area (Å²) in [4.78, 5) is 19.1. The van der Waals surface area contributed by atoms with Crippen LogP contribution in [-0.2, 0) is 17.2 Å². The van der Waals surface area contributed by atoms with E-state index in [1.54, 1.807) is 0 Å². The predicted molar refractivity (Wildman–Crippen MR) is 76.8 cm³/mol. The highest BCUT2D eigenvalue weighted by atomic mass is 19.4. The van der Waals surface area contributed by atoms with E-state index in [9.17, 15) is 31.1 Å². The smallest absolute Gasteiger partial charge is 0.380 e. The van der Waals surface area contributed by atoms with Crippen LogP contribution in [0.5, 0.6) is 0 Å². The van der Waals surface area contributed by atoms with E-state index in [4.69, 9.17) is 5.73 Å². The lowest BCUT2D eigenvalue weighted by Gasteiger charge is -2.08. The Balaban J connectivity index is 2.18. The van der Waals surface area contributed by atoms with E-state index in [-0.39, 0.29) is 5.56 Å². The molecule has 1 aromatic carbocycles. The van der Waals surface area contributed by atoms with Crippen LogP contribution in [0.25, 0.3) is 0 Å². The van der Waals surface area contributed by atoms with Crippen molar-refractivity contribution in [2.45, 2.75) is 12.4 Å². The number of rotatable bonds is 3. The molecule has 2 aromatic rings. The van der Waals surface area contributed by atoms with E-state index in [0.717, 1.165) is 24.3 Å². The third kappa shape index (κ3) is 4.71. The van der Waals surface area contributed by atoms with Gasteiger partial charge in [-0.1, -0.05) is 23.4 Å². The molecular weight excluding hydrogens is 368 g/mol. The van der Waals surface area contributed by atoms with Gasteiger partial charge in [-0.15, -0.1) is 0 Å². The van der Waals surface area contributed by atoms with E-state index < -0.39 is 41.1 Å². The summed E-state index contributed by atoms with van der Waals surface area (Å²) in [5.74, 6) is -1.93. The number of hydrogen-bond acceptors (Lipinski definition) is 4. The van der Waals surface area contributed by atoms with Crippen LogP contribution in [0.15, 0.2) is 47.6 Å². The number of alkyl halides is 6. The SMILES string of the molecule is N/C(=N/OC(=O)c1cccc(C(F)(F)F)n1)c1cccc(C(F)(F)F)c1. The van der Waals surface area contributed by atoms with Crippen LogP contribution in [0.1, 0.15) is 27.3 Å². The third-order valence-electron chi connectivity index (χ3n) is 2.96. The minimum absolute atomic E-state index is 0.190. The van der Waals surface area contributed by atoms with Crippen LogP contribution in [-0.4, -0.2) is 16.8 Å². The topological polar surface area (TPSA) is 77.6 Å². The zero-order valence-corrected chi connectivity index (χ0v) is 12.6. The van der Waals surface area contributed by atoms with Crippen molar-refractivity contribution in [2.75, 3.05) is 0 Å². The second-order valence-corrected chi connectivity index (χ2v) is 4.84. The first kappa shape index (κ1) is 19.2. The van der Waals surface area contributed by atoms with Crippen molar-refractivity contribution in [3.63, 3.8) is 0 Å². The summed E-state index contributed by atoms with van der Waals surface area (Å²) < 4.78 is 75.5. The van der Waals surface area contributed by atoms with Crippen LogP contribution in [0.3, 0.4) is 0 Å². The molecule has 1 heterocycles. The van der Waals surface area contributed by atoms with Gasteiger partial charge >= 0.3 is 18.3 Å². The minimum atomic E-state index is -4.77. The number of oxime groups is 1. The summed E-state index contributed by atoms with van der Waals surface area (Å²) in [5, 5.41) is 3.14. The molecule has 0 amide bonds. The number of hydrogen-bond donors (Lipinski definition) is 1. The lowest BCUT2D eigenvalue weighted by atomic mass is 10.1. The van der Waals surface area contributed by atoms with Crippen molar-refractivity contribution in [2.24, 2.45) is 10.9 Å². The van der Waals surface area contributed by atoms with Gasteiger partial charge in [0.2, 0.25) is 0 Å². The summed E-state index contributed by atoms with van der Waals surface area (Å²) in [7, 11) is 0. The Morgan fingerprint density at radius 3 is 2.27 bits per heavy atom. The molecule has 0 fully saturated rings. The van der Waals surface area contributed by atoms with Gasteiger partial charge in [0, 0.05) is 5.56 Å². The fourth-order valence-corrected chi connectivity index (χ4v) is 1.75. The van der Waals surface area contributed by atoms with Gasteiger partial charge < -0.3 is 10.6 Å². The Bertz CT molecular complexity index is 846. The van der Waals surface area contributed by atoms with Crippen molar-refractivity contribution < 1.29 is 36.0 Å². The first-order valence-electron chi connectivity index (χ1n) is 6.75. The summed E-state index contributed by atoms with van der Waals surface area (Å²) >= 11 is 0. The lowest BCUT2D eigenvalue weighted by Crippen LogP contribution is -2.17. The molecule has 0 saturated heterocycles. The molecule has 11 heteroatoms. The average Bonchev–Trinajstić information content (AvgIpc) is 2.58. The molecule has 0 spiro atoms. The second kappa shape index (κ2) is 7.02. The maximum atomic E-state index is 12.6. The standard InChI is InChI=1S/C15H9F6N3O2/c16-14(17,18)9-4-1-3-8(7-9)12(22)24-26-13(25)10-5-2-6-11(23-10)15(19,20)21/h1-7H,(H2,22,24). The largest absolute Gasteiger partial charge is 0.433 e. The highest BCUT2D eigenvalue weighted by molar-refractivity contribution is 5.98. The molecule has 26 heavy (non-hydrogen) atoms. The van der Waals surface area contributed by atoms with Crippen molar-refractivity contribution in [3.05, 3.63) is 65.0 Å². The second-order valence-electron chi connectivity index (χ2n) is 4.84. The molecule has 2 N–H and O–H groups in total. The van der Waals surface area contributed by atoms with Gasteiger partial charge in [0.1, 0.15) is 5.69 Å². The Hall–Kier alpha value is -3.11. The number of carbonyl (C=O) groups is 1. The Labute approximate surface area is 142 Å². The van der Waals surface area contributed by atoms with Crippen molar-refractivity contribution in [3.8, 4) is 0 Å². The summed E-state index contributed by atoms with van der Waals surface area (Å²) in [6, 6.07) is 6.27. The van der Waals surface area contributed by atoms with Crippen LogP contribution in [0, 0.1) is 0 Å². The molecular formula is C15H9F6N3O2. The molecule has 0 bridgehead atoms. The van der Waals surface area contributed by atoms with E-state index in [1.807, 2.05) is 0 Å². The van der Waals surface area contributed by atoms with Crippen molar-refractivity contribution >= 4 is 11.8 Å². The van der Waals surface area contributed by atoms with Crippen molar-refractivity contribution in [1.82, 2.24) is 4.98 Å². The quantitative estimate of drug-likeness (QED) is 0.292. The molecule has 0 atom stereocenters. The number of carbonyl (C=O) groups excluding carboxylic acids is 1. The number of aromatic nitrogens is 1. The van der Waals surface area contributed by atoms with Gasteiger partial charge in [-0.2, -0.15) is 26.3 Å². The van der Waals surface area contributed by atoms with E-state index >= 15 is 0 Å². The summed E-state index contributed by atoms with van der Waals surface area (Å²) in [6.45, 7) is 0. The Morgan fingerprint density at radius 1 is 1.00 bits per heavy atom. The van der Waals surface area contributed by atoms with Gasteiger partial charge in [0.25, 0.3) is 0 Å². The highest BCUT2D eigenvalue weighted by Gasteiger charge is 2.33. The Kier molecular flexibility index (Phi) is 5.19. The van der Waals surface area contributed by atoms with E-state index in [0.29, 0.717) is 12.1 Å². The first-order chi connectivity index (χ1) is 12.0.